The third kappa shape index (κ3) is 3.50. The summed E-state index contributed by atoms with van der Waals surface area (Å²) in [5.74, 6) is 2.29. The van der Waals surface area contributed by atoms with Crippen LogP contribution < -0.4 is 0 Å². The number of carbonyl (C=O) groups excluding carboxylic acids is 1. The Bertz CT molecular complexity index is 295. The number of likely N-dealkylation sites (tertiary alicyclic amines) is 1. The van der Waals surface area contributed by atoms with Crippen LogP contribution in [0.3, 0.4) is 0 Å². The highest BCUT2D eigenvalue weighted by molar-refractivity contribution is 5.79. The largest absolute Gasteiger partial charge is 0.383 e. The number of methoxy groups -OCH3 is 1. The normalized spacial score (nSPS) is 32.0. The molecule has 1 aliphatic carbocycles. The molecule has 0 N–H and O–H groups in total. The lowest BCUT2D eigenvalue weighted by molar-refractivity contribution is -0.138. The average Bonchev–Trinajstić information content (AvgIpc) is 2.87. The van der Waals surface area contributed by atoms with E-state index in [1.54, 1.807) is 7.11 Å². The Morgan fingerprint density at radius 1 is 1.21 bits per heavy atom. The van der Waals surface area contributed by atoms with E-state index in [1.165, 1.54) is 12.8 Å². The van der Waals surface area contributed by atoms with Crippen LogP contribution in [0.25, 0.3) is 0 Å². The van der Waals surface area contributed by atoms with E-state index >= 15 is 0 Å². The van der Waals surface area contributed by atoms with Crippen molar-refractivity contribution in [3.8, 4) is 0 Å². The minimum absolute atomic E-state index is 0.285. The third-order valence-electron chi connectivity index (χ3n) is 5.08. The molecule has 1 atom stereocenters. The molecule has 1 heterocycles. The van der Waals surface area contributed by atoms with Gasteiger partial charge in [0.1, 0.15) is 0 Å². The van der Waals surface area contributed by atoms with Crippen LogP contribution in [0, 0.1) is 17.8 Å². The standard InChI is InChI=1S/C16H29NO2/c1-12(2)13-6-8-14(9-7-13)16(18)17-10-4-5-15(17)11-19-3/h12-15H,4-11H2,1-3H3/t13?,14?,15-/m1/s1. The summed E-state index contributed by atoms with van der Waals surface area (Å²) in [5.41, 5.74) is 0. The van der Waals surface area contributed by atoms with Crippen molar-refractivity contribution >= 4 is 5.91 Å². The lowest BCUT2D eigenvalue weighted by atomic mass is 9.76. The molecule has 2 rings (SSSR count). The van der Waals surface area contributed by atoms with Crippen LogP contribution in [0.5, 0.6) is 0 Å². The predicted molar refractivity (Wildman–Crippen MR) is 76.9 cm³/mol. The monoisotopic (exact) mass is 267 g/mol. The Morgan fingerprint density at radius 3 is 2.47 bits per heavy atom. The van der Waals surface area contributed by atoms with Gasteiger partial charge < -0.3 is 9.64 Å². The van der Waals surface area contributed by atoms with Gasteiger partial charge in [-0.05, 0) is 50.4 Å². The molecule has 2 fully saturated rings. The molecule has 2 aliphatic rings. The van der Waals surface area contributed by atoms with E-state index < -0.39 is 0 Å². The van der Waals surface area contributed by atoms with E-state index in [1.807, 2.05) is 0 Å². The van der Waals surface area contributed by atoms with Crippen molar-refractivity contribution < 1.29 is 9.53 Å². The fourth-order valence-electron chi connectivity index (χ4n) is 3.76. The van der Waals surface area contributed by atoms with Crippen molar-refractivity contribution in [3.05, 3.63) is 0 Å². The Hall–Kier alpha value is -0.570. The molecule has 0 aromatic carbocycles. The smallest absolute Gasteiger partial charge is 0.226 e. The van der Waals surface area contributed by atoms with Crippen molar-refractivity contribution in [1.82, 2.24) is 4.90 Å². The Kier molecular flexibility index (Phi) is 5.26. The van der Waals surface area contributed by atoms with Gasteiger partial charge >= 0.3 is 0 Å². The number of hydrogen-bond acceptors (Lipinski definition) is 2. The molecule has 1 saturated heterocycles. The quantitative estimate of drug-likeness (QED) is 0.783. The molecule has 3 heteroatoms. The van der Waals surface area contributed by atoms with Gasteiger partial charge in [0.25, 0.3) is 0 Å². The third-order valence-corrected chi connectivity index (χ3v) is 5.08. The van der Waals surface area contributed by atoms with E-state index in [9.17, 15) is 4.79 Å². The Balaban J connectivity index is 1.87. The molecule has 0 spiro atoms. The molecule has 0 aromatic heterocycles. The van der Waals surface area contributed by atoms with Crippen LogP contribution in [0.15, 0.2) is 0 Å². The van der Waals surface area contributed by atoms with E-state index in [2.05, 4.69) is 18.7 Å². The SMILES string of the molecule is COC[C@H]1CCCN1C(=O)C1CCC(C(C)C)CC1. The van der Waals surface area contributed by atoms with Crippen LogP contribution in [0.1, 0.15) is 52.4 Å². The second-order valence-electron chi connectivity index (χ2n) is 6.64. The number of hydrogen-bond donors (Lipinski definition) is 0. The average molecular weight is 267 g/mol. The first-order chi connectivity index (χ1) is 9.13. The van der Waals surface area contributed by atoms with Gasteiger partial charge in [-0.3, -0.25) is 4.79 Å². The van der Waals surface area contributed by atoms with Gasteiger partial charge in [-0.1, -0.05) is 13.8 Å². The first-order valence-electron chi connectivity index (χ1n) is 7.93. The summed E-state index contributed by atoms with van der Waals surface area (Å²) >= 11 is 0. The van der Waals surface area contributed by atoms with Crippen LogP contribution in [-0.2, 0) is 9.53 Å². The maximum absolute atomic E-state index is 12.6. The fourth-order valence-corrected chi connectivity index (χ4v) is 3.76. The highest BCUT2D eigenvalue weighted by Crippen LogP contribution is 2.35. The van der Waals surface area contributed by atoms with Gasteiger partial charge in [0.05, 0.1) is 12.6 Å². The second-order valence-corrected chi connectivity index (χ2v) is 6.64. The highest BCUT2D eigenvalue weighted by atomic mass is 16.5. The van der Waals surface area contributed by atoms with Crippen LogP contribution in [0.4, 0.5) is 0 Å². The summed E-state index contributed by atoms with van der Waals surface area (Å²) < 4.78 is 5.25. The van der Waals surface area contributed by atoms with E-state index in [4.69, 9.17) is 4.74 Å². The minimum atomic E-state index is 0.285. The summed E-state index contributed by atoms with van der Waals surface area (Å²) in [7, 11) is 1.73. The van der Waals surface area contributed by atoms with Gasteiger partial charge in [0, 0.05) is 19.6 Å². The first-order valence-corrected chi connectivity index (χ1v) is 7.93. The molecule has 1 saturated carbocycles. The van der Waals surface area contributed by atoms with Crippen molar-refractivity contribution in [2.75, 3.05) is 20.3 Å². The number of carbonyl (C=O) groups is 1. The number of ether oxygens (including phenoxy) is 1. The molecule has 0 unspecified atom stereocenters. The number of rotatable bonds is 4. The molecule has 19 heavy (non-hydrogen) atoms. The van der Waals surface area contributed by atoms with Crippen molar-refractivity contribution in [2.45, 2.75) is 58.4 Å². The van der Waals surface area contributed by atoms with Crippen LogP contribution >= 0.6 is 0 Å². The lowest BCUT2D eigenvalue weighted by Gasteiger charge is -2.34. The summed E-state index contributed by atoms with van der Waals surface area (Å²) in [5, 5.41) is 0. The molecule has 110 valence electrons. The molecular formula is C16H29NO2. The van der Waals surface area contributed by atoms with Crippen LogP contribution in [-0.4, -0.2) is 37.1 Å². The maximum atomic E-state index is 12.6. The van der Waals surface area contributed by atoms with Crippen LogP contribution in [0.2, 0.25) is 0 Å². The highest BCUT2D eigenvalue weighted by Gasteiger charge is 2.35. The number of amides is 1. The zero-order valence-electron chi connectivity index (χ0n) is 12.7. The van der Waals surface area contributed by atoms with Gasteiger partial charge in [0.15, 0.2) is 0 Å². The van der Waals surface area contributed by atoms with E-state index in [0.717, 1.165) is 44.1 Å². The molecular weight excluding hydrogens is 238 g/mol. The van der Waals surface area contributed by atoms with Gasteiger partial charge in [-0.15, -0.1) is 0 Å². The summed E-state index contributed by atoms with van der Waals surface area (Å²) in [6.45, 7) is 6.26. The zero-order chi connectivity index (χ0) is 13.8. The first kappa shape index (κ1) is 14.8. The maximum Gasteiger partial charge on any atom is 0.226 e. The summed E-state index contributed by atoms with van der Waals surface area (Å²) in [6, 6.07) is 0.334. The van der Waals surface area contributed by atoms with Gasteiger partial charge in [0.2, 0.25) is 5.91 Å². The van der Waals surface area contributed by atoms with Crippen molar-refractivity contribution in [3.63, 3.8) is 0 Å². The fraction of sp³-hybridized carbons (Fsp3) is 0.938. The second kappa shape index (κ2) is 6.74. The summed E-state index contributed by atoms with van der Waals surface area (Å²) in [4.78, 5) is 14.7. The Labute approximate surface area is 117 Å². The minimum Gasteiger partial charge on any atom is -0.383 e. The van der Waals surface area contributed by atoms with Crippen molar-refractivity contribution in [2.24, 2.45) is 17.8 Å². The van der Waals surface area contributed by atoms with Crippen molar-refractivity contribution in [1.29, 1.82) is 0 Å². The molecule has 0 bridgehead atoms. The number of nitrogens with zero attached hydrogens (tertiary/aromatic N) is 1. The predicted octanol–water partition coefficient (Wildman–Crippen LogP) is 3.09. The molecule has 0 aromatic rings. The molecule has 0 radical (unpaired) electrons. The zero-order valence-corrected chi connectivity index (χ0v) is 12.7. The molecule has 1 amide bonds. The Morgan fingerprint density at radius 2 is 1.89 bits per heavy atom. The lowest BCUT2D eigenvalue weighted by Crippen LogP contribution is -2.42. The molecule has 3 nitrogen and oxygen atoms in total. The van der Waals surface area contributed by atoms with Gasteiger partial charge in [-0.25, -0.2) is 0 Å². The van der Waals surface area contributed by atoms with E-state index in [0.29, 0.717) is 18.6 Å². The van der Waals surface area contributed by atoms with E-state index in [-0.39, 0.29) is 5.92 Å². The molecule has 1 aliphatic heterocycles. The summed E-state index contributed by atoms with van der Waals surface area (Å²) in [6.07, 6.45) is 6.91. The van der Waals surface area contributed by atoms with Gasteiger partial charge in [-0.2, -0.15) is 0 Å². The topological polar surface area (TPSA) is 29.5 Å².